The highest BCUT2D eigenvalue weighted by Gasteiger charge is 2.35. The van der Waals surface area contributed by atoms with Gasteiger partial charge in [-0.15, -0.1) is 0 Å². The number of carbonyl (C=O) groups excluding carboxylic acids is 2. The van der Waals surface area contributed by atoms with E-state index in [0.29, 0.717) is 53.2 Å². The molecule has 11 nitrogen and oxygen atoms in total. The number of imide groups is 1. The number of benzene rings is 2. The summed E-state index contributed by atoms with van der Waals surface area (Å²) in [5.41, 5.74) is 9.39. The average Bonchev–Trinajstić information content (AvgIpc) is 3.45. The third-order valence-electron chi connectivity index (χ3n) is 9.48. The van der Waals surface area contributed by atoms with Crippen molar-refractivity contribution in [1.82, 2.24) is 24.3 Å². The molecule has 4 N–H and O–H groups in total. The van der Waals surface area contributed by atoms with Gasteiger partial charge in [-0.25, -0.2) is 14.7 Å². The second kappa shape index (κ2) is 14.9. The van der Waals surface area contributed by atoms with Crippen LogP contribution in [0.4, 0.5) is 29.5 Å². The van der Waals surface area contributed by atoms with Crippen LogP contribution in [0.1, 0.15) is 50.8 Å². The molecule has 4 aromatic rings. The van der Waals surface area contributed by atoms with E-state index >= 15 is 0 Å². The minimum atomic E-state index is -4.58. The van der Waals surface area contributed by atoms with Crippen LogP contribution in [0.25, 0.3) is 11.3 Å². The van der Waals surface area contributed by atoms with Crippen LogP contribution in [-0.2, 0) is 37.4 Å². The predicted molar refractivity (Wildman–Crippen MR) is 189 cm³/mol. The van der Waals surface area contributed by atoms with E-state index in [4.69, 9.17) is 5.73 Å². The maximum atomic E-state index is 14.1. The van der Waals surface area contributed by atoms with Crippen molar-refractivity contribution in [2.24, 2.45) is 7.05 Å². The van der Waals surface area contributed by atoms with Crippen molar-refractivity contribution < 1.29 is 32.7 Å². The molecule has 2 aromatic carbocycles. The summed E-state index contributed by atoms with van der Waals surface area (Å²) >= 11 is 0. The van der Waals surface area contributed by atoms with Gasteiger partial charge in [0, 0.05) is 81.4 Å². The smallest absolute Gasteiger partial charge is 0.416 e. The zero-order valence-electron chi connectivity index (χ0n) is 28.8. The fourth-order valence-corrected chi connectivity index (χ4v) is 6.67. The minimum absolute atomic E-state index is 0.0517. The van der Waals surface area contributed by atoms with Crippen LogP contribution in [0.3, 0.4) is 0 Å². The first kappa shape index (κ1) is 36.2. The number of alkyl halides is 3. The Morgan fingerprint density at radius 3 is 2.44 bits per heavy atom. The van der Waals surface area contributed by atoms with E-state index in [9.17, 15) is 32.7 Å². The highest BCUT2D eigenvalue weighted by molar-refractivity contribution is 6.05. The molecule has 14 heteroatoms. The van der Waals surface area contributed by atoms with E-state index < -0.39 is 29.6 Å². The molecule has 1 saturated heterocycles. The van der Waals surface area contributed by atoms with Crippen molar-refractivity contribution >= 4 is 29.4 Å². The van der Waals surface area contributed by atoms with Crippen molar-refractivity contribution in [3.05, 3.63) is 99.9 Å². The van der Waals surface area contributed by atoms with Crippen LogP contribution < -0.4 is 11.1 Å². The van der Waals surface area contributed by atoms with Crippen LogP contribution in [0.15, 0.2) is 60.8 Å². The van der Waals surface area contributed by atoms with Gasteiger partial charge in [0.2, 0.25) is 5.91 Å². The Balaban J connectivity index is 1.17. The first-order valence-electron chi connectivity index (χ1n) is 16.9. The van der Waals surface area contributed by atoms with Crippen molar-refractivity contribution in [3.8, 4) is 23.1 Å². The summed E-state index contributed by atoms with van der Waals surface area (Å²) in [5, 5.41) is 12.0. The van der Waals surface area contributed by atoms with Gasteiger partial charge in [-0.2, -0.15) is 13.2 Å². The lowest BCUT2D eigenvalue weighted by molar-refractivity contribution is -0.138. The fraction of sp³-hybridized carbons (Fsp3) is 0.316. The largest absolute Gasteiger partial charge is 0.465 e. The summed E-state index contributed by atoms with van der Waals surface area (Å²) < 4.78 is 44.1. The Labute approximate surface area is 298 Å². The Bertz CT molecular complexity index is 2090. The van der Waals surface area contributed by atoms with Gasteiger partial charge in [-0.3, -0.25) is 14.5 Å². The van der Waals surface area contributed by atoms with Gasteiger partial charge in [-0.05, 0) is 54.1 Å². The van der Waals surface area contributed by atoms with Gasteiger partial charge >= 0.3 is 12.3 Å². The number of halogens is 3. The Morgan fingerprint density at radius 2 is 1.73 bits per heavy atom. The zero-order chi connectivity index (χ0) is 37.2. The van der Waals surface area contributed by atoms with Gasteiger partial charge in [-0.1, -0.05) is 37.0 Å². The van der Waals surface area contributed by atoms with Crippen molar-refractivity contribution in [3.63, 3.8) is 0 Å². The third kappa shape index (κ3) is 7.96. The first-order valence-corrected chi connectivity index (χ1v) is 16.9. The first-order chi connectivity index (χ1) is 24.8. The number of carbonyl (C=O) groups is 3. The second-order valence-corrected chi connectivity index (χ2v) is 12.8. The molecule has 3 amide bonds. The summed E-state index contributed by atoms with van der Waals surface area (Å²) in [7, 11) is 1.79. The maximum Gasteiger partial charge on any atom is 0.416 e. The SMILES string of the molecule is CCN1CCN(Cc2ccc(NC(=O)Cc3cccc(C#Cc4cnc(N)cc4-c4cc5c(n4C)CCN(C(=O)O)C5=O)c3)cc2C(F)(F)F)CC1. The summed E-state index contributed by atoms with van der Waals surface area (Å²) in [5.74, 6) is 5.33. The van der Waals surface area contributed by atoms with Gasteiger partial charge in [0.15, 0.2) is 0 Å². The number of aromatic nitrogens is 2. The lowest BCUT2D eigenvalue weighted by atomic mass is 10.0. The van der Waals surface area contributed by atoms with Crippen LogP contribution in [0.5, 0.6) is 0 Å². The number of amides is 3. The van der Waals surface area contributed by atoms with E-state index in [1.54, 1.807) is 43.4 Å². The van der Waals surface area contributed by atoms with Gasteiger partial charge in [0.25, 0.3) is 5.91 Å². The predicted octanol–water partition coefficient (Wildman–Crippen LogP) is 5.08. The number of anilines is 2. The van der Waals surface area contributed by atoms with Gasteiger partial charge in [0.1, 0.15) is 5.82 Å². The molecule has 270 valence electrons. The molecule has 0 saturated carbocycles. The number of rotatable bonds is 7. The molecule has 2 aromatic heterocycles. The number of fused-ring (bicyclic) bond motifs is 1. The molecule has 0 bridgehead atoms. The number of nitrogen functional groups attached to an aromatic ring is 1. The Hall–Kier alpha value is -5.65. The maximum absolute atomic E-state index is 14.1. The molecule has 0 unspecified atom stereocenters. The van der Waals surface area contributed by atoms with E-state index in [0.717, 1.165) is 30.6 Å². The van der Waals surface area contributed by atoms with Crippen LogP contribution in [0.2, 0.25) is 0 Å². The van der Waals surface area contributed by atoms with Crippen molar-refractivity contribution in [2.45, 2.75) is 32.5 Å². The number of hydrogen-bond acceptors (Lipinski definition) is 7. The number of carboxylic acid groups (broad SMARTS) is 1. The molecule has 4 heterocycles. The molecule has 2 aliphatic rings. The van der Waals surface area contributed by atoms with Crippen molar-refractivity contribution in [1.29, 1.82) is 0 Å². The monoisotopic (exact) mass is 713 g/mol. The standard InChI is InChI=1S/C38H38F3N7O4/c1-3-46-13-15-47(16-14-46)23-27-9-10-28(19-31(27)38(39,40)41)44-35(49)18-25-6-4-5-24(17-25)7-8-26-22-43-34(42)21-29(26)33-20-30-32(45(33)2)11-12-48(36(30)50)37(51)52/h4-6,9-10,17,19-22H,3,11-16,18,23H2,1-2H3,(H2,42,43)(H,44,49)(H,51,52). The van der Waals surface area contributed by atoms with Gasteiger partial charge in [0.05, 0.1) is 28.8 Å². The summed E-state index contributed by atoms with van der Waals surface area (Å²) in [4.78, 5) is 46.7. The molecule has 0 aliphatic carbocycles. The van der Waals surface area contributed by atoms with Crippen LogP contribution in [-0.4, -0.2) is 86.5 Å². The van der Waals surface area contributed by atoms with Crippen LogP contribution >= 0.6 is 0 Å². The average molecular weight is 714 g/mol. The highest BCUT2D eigenvalue weighted by Crippen LogP contribution is 2.35. The van der Waals surface area contributed by atoms with Crippen molar-refractivity contribution in [2.75, 3.05) is 50.3 Å². The third-order valence-corrected chi connectivity index (χ3v) is 9.48. The Morgan fingerprint density at radius 1 is 0.981 bits per heavy atom. The zero-order valence-corrected chi connectivity index (χ0v) is 28.8. The number of nitrogens with two attached hydrogens (primary N) is 1. The van der Waals surface area contributed by atoms with E-state index in [1.165, 1.54) is 18.3 Å². The quantitative estimate of drug-likeness (QED) is 0.226. The normalized spacial score (nSPS) is 15.2. The lowest BCUT2D eigenvalue weighted by Crippen LogP contribution is -2.45. The van der Waals surface area contributed by atoms with E-state index in [2.05, 4.69) is 34.0 Å². The molecule has 6 rings (SSSR count). The second-order valence-electron chi connectivity index (χ2n) is 12.8. The van der Waals surface area contributed by atoms with E-state index in [-0.39, 0.29) is 42.1 Å². The number of hydrogen-bond donors (Lipinski definition) is 3. The molecular formula is C38H38F3N7O4. The topological polar surface area (TPSA) is 137 Å². The molecular weight excluding hydrogens is 675 g/mol. The molecule has 0 atom stereocenters. The molecule has 1 fully saturated rings. The molecule has 0 spiro atoms. The van der Waals surface area contributed by atoms with Crippen LogP contribution in [0, 0.1) is 11.8 Å². The van der Waals surface area contributed by atoms with E-state index in [1.807, 2.05) is 9.47 Å². The molecule has 0 radical (unpaired) electrons. The molecule has 52 heavy (non-hydrogen) atoms. The highest BCUT2D eigenvalue weighted by atomic mass is 19.4. The fourth-order valence-electron chi connectivity index (χ4n) is 6.67. The summed E-state index contributed by atoms with van der Waals surface area (Å²) in [6.45, 7) is 6.22. The van der Waals surface area contributed by atoms with Gasteiger partial charge < -0.3 is 25.6 Å². The summed E-state index contributed by atoms with van der Waals surface area (Å²) in [6.07, 6.45) is -4.10. The lowest BCUT2D eigenvalue weighted by Gasteiger charge is -2.34. The Kier molecular flexibility index (Phi) is 10.4. The number of pyridine rings is 1. The number of nitrogens with one attached hydrogen (secondary N) is 1. The summed E-state index contributed by atoms with van der Waals surface area (Å²) in [6, 6.07) is 14.2. The number of piperazine rings is 1. The molecule has 2 aliphatic heterocycles. The number of likely N-dealkylation sites (N-methyl/N-ethyl adjacent to an activating group) is 1. The number of nitrogens with zero attached hydrogens (tertiary/aromatic N) is 5. The minimum Gasteiger partial charge on any atom is -0.465 e.